The van der Waals surface area contributed by atoms with Crippen LogP contribution in [0.25, 0.3) is 0 Å². The molecule has 2 aromatic carbocycles. The van der Waals surface area contributed by atoms with E-state index in [0.29, 0.717) is 47.6 Å². The van der Waals surface area contributed by atoms with Crippen LogP contribution in [0.15, 0.2) is 24.3 Å². The zero-order valence-electron chi connectivity index (χ0n) is 39.5. The molecule has 4 radical (unpaired) electrons. The van der Waals surface area contributed by atoms with E-state index in [1.165, 1.54) is 16.7 Å². The van der Waals surface area contributed by atoms with Gasteiger partial charge in [0.25, 0.3) is 0 Å². The number of rotatable bonds is 4. The molecule has 6 heterocycles. The number of hydrogen-bond donors (Lipinski definition) is 11. The number of aromatic hydroxyl groups is 1. The van der Waals surface area contributed by atoms with Crippen LogP contribution in [-0.4, -0.2) is 203 Å². The van der Waals surface area contributed by atoms with Crippen molar-refractivity contribution in [3.05, 3.63) is 46.5 Å². The van der Waals surface area contributed by atoms with Crippen LogP contribution in [0.3, 0.4) is 0 Å². The zero-order valence-corrected chi connectivity index (χ0v) is 64.4. The summed E-state index contributed by atoms with van der Waals surface area (Å²) in [7, 11) is 4.40. The van der Waals surface area contributed by atoms with Gasteiger partial charge in [-0.1, -0.05) is 28.1 Å². The summed E-state index contributed by atoms with van der Waals surface area (Å²) in [6, 6.07) is 8.58. The van der Waals surface area contributed by atoms with Crippen molar-refractivity contribution >= 4 is 53.2 Å². The first-order valence-electron chi connectivity index (χ1n) is 23.2. The molecule has 6 aliphatic heterocycles. The quantitative estimate of drug-likeness (QED) is 0.145. The normalized spacial score (nSPS) is 42.4. The van der Waals surface area contributed by atoms with Crippen LogP contribution in [0.1, 0.15) is 60.8 Å². The van der Waals surface area contributed by atoms with E-state index >= 15 is 0 Å². The molecule has 11 N–H and O–H groups in total. The summed E-state index contributed by atoms with van der Waals surface area (Å²) < 4.78 is 29.1. The second kappa shape index (κ2) is 27.5. The topological polar surface area (TPSA) is 275 Å². The molecular formula is C46H63Ac4BrI2N2O16. The fourth-order valence-corrected chi connectivity index (χ4v) is 14.4. The van der Waals surface area contributed by atoms with Gasteiger partial charge in [-0.2, -0.15) is 0 Å². The summed E-state index contributed by atoms with van der Waals surface area (Å²) >= 11 is 7.19. The maximum atomic E-state index is 10.9. The van der Waals surface area contributed by atoms with Crippen molar-refractivity contribution < 1.29 is 256 Å². The van der Waals surface area contributed by atoms with Gasteiger partial charge in [-0.25, -0.2) is 0 Å². The second-order valence-electron chi connectivity index (χ2n) is 20.0. The number of phenolic OH excluding ortho intramolecular Hbond substituents is 1. The molecule has 71 heavy (non-hydrogen) atoms. The largest absolute Gasteiger partial charge is 0.504 e. The third kappa shape index (κ3) is 11.6. The maximum absolute atomic E-state index is 10.9. The minimum atomic E-state index is -1.51. The van der Waals surface area contributed by atoms with E-state index in [-0.39, 0.29) is 205 Å². The predicted octanol–water partition coefficient (Wildman–Crippen LogP) is 0.270. The van der Waals surface area contributed by atoms with E-state index in [1.54, 1.807) is 12.1 Å². The van der Waals surface area contributed by atoms with Crippen LogP contribution in [0.4, 0.5) is 0 Å². The van der Waals surface area contributed by atoms with Gasteiger partial charge in [0.1, 0.15) is 66.1 Å². The number of hydrogen-bond acceptors (Lipinski definition) is 18. The number of likely N-dealkylation sites (tertiary alicyclic amines) is 2. The standard InChI is InChI=1S/C23H31NO8.C17H21NO3.C6H11BrO5.4Ac.I2/c1-24-7-6-23-11-3-4-13(26)21(23)32-20-14(5-2-10(16(20)23)8-12(11)24)30-22-19(29)18(28)17(27)15(9-25)31-22;1-18-7-6-17-10-3-5-13(20)16(17)21-15-12(19)4-2-9(14(15)17)8-11(10)18;7-6-5(11)4(10)3(9)2(1-8)12-6;;;;;1-2/h2,5,11-13,15,17-19,21-22,25-29H,3-4,6-9H2,1H3;2,4,10-11,13,16,19-20H,3,5-8H2,1H3;2-6,8-11H,1H2;;;;;/t11?,12?,13-,15-,17-,18+,19-,21+,22?,23?;10-,11?,13+,16-,17?;2-,3-,4+,5-,6+;;;;;/m101...../s1. The van der Waals surface area contributed by atoms with Crippen molar-refractivity contribution in [2.45, 2.75) is 159 Å². The molecule has 25 heteroatoms. The molecule has 18 nitrogen and oxygen atoms in total. The van der Waals surface area contributed by atoms with Crippen molar-refractivity contribution in [2.75, 3.05) is 40.4 Å². The molecule has 4 bridgehead atoms. The Bertz CT molecular complexity index is 2130. The van der Waals surface area contributed by atoms with Gasteiger partial charge in [0, 0.05) is 248 Å². The third-order valence-electron chi connectivity index (χ3n) is 17.0. The molecule has 20 atom stereocenters. The van der Waals surface area contributed by atoms with Crippen LogP contribution in [0, 0.1) is 188 Å². The molecule has 6 unspecified atom stereocenters. The summed E-state index contributed by atoms with van der Waals surface area (Å²) in [6.07, 6.45) is -5.45. The number of piperidine rings is 2. The van der Waals surface area contributed by atoms with Gasteiger partial charge < -0.3 is 89.7 Å². The van der Waals surface area contributed by atoms with Crippen molar-refractivity contribution in [2.24, 2.45) is 11.8 Å². The molecular weight excluding hydrogens is 2080 g/mol. The molecule has 6 fully saturated rings. The van der Waals surface area contributed by atoms with Crippen molar-refractivity contribution in [1.82, 2.24) is 9.80 Å². The smallest absolute Gasteiger partial charge is 0.229 e. The molecule has 386 valence electrons. The van der Waals surface area contributed by atoms with E-state index in [4.69, 9.17) is 33.9 Å². The fraction of sp³-hybridized carbons (Fsp3) is 0.739. The average molecular weight is 2140 g/mol. The van der Waals surface area contributed by atoms with Crippen LogP contribution >= 0.6 is 53.2 Å². The molecule has 10 aliphatic rings. The SMILES string of the molecule is CN1CCC23c4c5ccc(O)c4O[C@H]2[C@H](O)CC[C@H]3C1C5.CN1CCC23c4c5ccc(OC6O[C@H](CO)[C@@H](O)[C@H](O)[C@H]6O)c4O[C@H]2[C@H](O)CCC3C1C5.II.OC[C@H]1O[C@H](Br)[C@H](O)[C@@H](O)[C@@H]1O.[Ac].[Ac].[Ac].[Ac]. The molecule has 4 aliphatic carbocycles. The number of nitrogens with zero attached hydrogens (tertiary/aromatic N) is 2. The predicted molar refractivity (Wildman–Crippen MR) is 259 cm³/mol. The van der Waals surface area contributed by atoms with Gasteiger partial charge in [-0.15, -0.1) is 0 Å². The van der Waals surface area contributed by atoms with Gasteiger partial charge in [-0.3, -0.25) is 0 Å². The molecule has 2 saturated carbocycles. The first kappa shape index (κ1) is 66.6. The van der Waals surface area contributed by atoms with Crippen LogP contribution in [0.5, 0.6) is 23.0 Å². The number of likely N-dealkylation sites (N-methyl/N-ethyl adjacent to an activating group) is 2. The van der Waals surface area contributed by atoms with Gasteiger partial charge >= 0.3 is 0 Å². The summed E-state index contributed by atoms with van der Waals surface area (Å²) in [5.74, 6) is 2.79. The van der Waals surface area contributed by atoms with Crippen LogP contribution in [0.2, 0.25) is 0 Å². The molecule has 0 amide bonds. The van der Waals surface area contributed by atoms with Gasteiger partial charge in [-0.05, 0) is 114 Å². The first-order valence-corrected chi connectivity index (χ1v) is 30.4. The zero-order chi connectivity index (χ0) is 48.0. The molecule has 0 aromatic heterocycles. The van der Waals surface area contributed by atoms with E-state index in [2.05, 4.69) is 83.1 Å². The minimum absolute atomic E-state index is 0. The maximum Gasteiger partial charge on any atom is 0.229 e. The number of halogens is 3. The summed E-state index contributed by atoms with van der Waals surface area (Å²) in [5.41, 5.74) is 4.51. The second-order valence-corrected chi connectivity index (χ2v) is 20.9. The minimum Gasteiger partial charge on any atom is -0.504 e. The van der Waals surface area contributed by atoms with Gasteiger partial charge in [0.2, 0.25) is 6.29 Å². The number of aliphatic hydroxyl groups excluding tert-OH is 10. The average Bonchev–Trinajstić information content (AvgIpc) is 3.88. The number of benzene rings is 2. The van der Waals surface area contributed by atoms with Gasteiger partial charge in [0.05, 0.1) is 25.4 Å². The Balaban J connectivity index is 0.000000208. The number of phenols is 1. The van der Waals surface area contributed by atoms with E-state index in [1.807, 2.05) is 6.07 Å². The van der Waals surface area contributed by atoms with E-state index in [0.717, 1.165) is 63.6 Å². The van der Waals surface area contributed by atoms with Crippen molar-refractivity contribution in [3.63, 3.8) is 0 Å². The third-order valence-corrected chi connectivity index (χ3v) is 17.8. The summed E-state index contributed by atoms with van der Waals surface area (Å²) in [5, 5.41) is 107. The number of ether oxygens (including phenoxy) is 5. The van der Waals surface area contributed by atoms with Crippen LogP contribution in [-0.2, 0) is 33.1 Å². The fourth-order valence-electron chi connectivity index (χ4n) is 13.8. The Labute approximate surface area is 588 Å². The Morgan fingerprint density at radius 3 is 1.58 bits per heavy atom. The number of alkyl halides is 1. The van der Waals surface area contributed by atoms with E-state index < -0.39 is 85.6 Å². The Kier molecular flexibility index (Phi) is 25.7. The molecule has 4 saturated heterocycles. The van der Waals surface area contributed by atoms with Gasteiger partial charge in [0.15, 0.2) is 23.0 Å². The Hall–Kier alpha value is 4.79. The Morgan fingerprint density at radius 2 is 1.07 bits per heavy atom. The monoisotopic (exact) mass is 2140 g/mol. The molecule has 12 rings (SSSR count). The van der Waals surface area contributed by atoms with E-state index in [9.17, 15) is 46.0 Å². The molecule has 2 spiro atoms. The molecule has 2 aromatic rings. The van der Waals surface area contributed by atoms with Crippen molar-refractivity contribution in [1.29, 1.82) is 0 Å². The summed E-state index contributed by atoms with van der Waals surface area (Å²) in [4.78, 5) is 4.92. The number of aliphatic hydroxyl groups is 10. The van der Waals surface area contributed by atoms with Crippen molar-refractivity contribution in [3.8, 4) is 23.0 Å². The first-order chi connectivity index (χ1) is 32.1. The summed E-state index contributed by atoms with van der Waals surface area (Å²) in [6.45, 7) is 1.06. The van der Waals surface area contributed by atoms with Crippen LogP contribution < -0.4 is 14.2 Å². The Morgan fingerprint density at radius 1 is 0.620 bits per heavy atom.